The van der Waals surface area contributed by atoms with Crippen LogP contribution in [0.3, 0.4) is 0 Å². The van der Waals surface area contributed by atoms with Crippen LogP contribution in [0.2, 0.25) is 0 Å². The summed E-state index contributed by atoms with van der Waals surface area (Å²) < 4.78 is 13.0. The highest BCUT2D eigenvalue weighted by atomic mass is 32.1. The Morgan fingerprint density at radius 3 is 2.64 bits per heavy atom. The van der Waals surface area contributed by atoms with E-state index in [4.69, 9.17) is 0 Å². The van der Waals surface area contributed by atoms with E-state index in [2.05, 4.69) is 22.4 Å². The summed E-state index contributed by atoms with van der Waals surface area (Å²) in [6.45, 7) is 0.538. The predicted octanol–water partition coefficient (Wildman–Crippen LogP) is 5.00. The van der Waals surface area contributed by atoms with E-state index in [1.165, 1.54) is 23.5 Å². The molecule has 0 unspecified atom stereocenters. The molecule has 4 aromatic rings. The molecule has 0 atom stereocenters. The first-order valence-electron chi connectivity index (χ1n) is 9.13. The second-order valence-electron chi connectivity index (χ2n) is 6.57. The van der Waals surface area contributed by atoms with E-state index in [0.29, 0.717) is 19.4 Å². The van der Waals surface area contributed by atoms with Crippen molar-refractivity contribution in [3.8, 4) is 10.6 Å². The zero-order chi connectivity index (χ0) is 19.3. The lowest BCUT2D eigenvalue weighted by molar-refractivity contribution is -0.120. The van der Waals surface area contributed by atoms with Crippen LogP contribution in [0.4, 0.5) is 4.39 Å². The molecule has 28 heavy (non-hydrogen) atoms. The Kier molecular flexibility index (Phi) is 5.44. The number of aromatic nitrogens is 1. The van der Waals surface area contributed by atoms with E-state index in [9.17, 15) is 9.18 Å². The average Bonchev–Trinajstić information content (AvgIpc) is 3.18. The van der Waals surface area contributed by atoms with E-state index < -0.39 is 0 Å². The first kappa shape index (κ1) is 18.3. The monoisotopic (exact) mass is 390 g/mol. The Morgan fingerprint density at radius 2 is 1.79 bits per heavy atom. The fourth-order valence-electron chi connectivity index (χ4n) is 3.16. The second kappa shape index (κ2) is 8.31. The first-order chi connectivity index (χ1) is 13.7. The van der Waals surface area contributed by atoms with Crippen molar-refractivity contribution in [2.75, 3.05) is 6.54 Å². The topological polar surface area (TPSA) is 42.0 Å². The molecule has 1 heterocycles. The normalized spacial score (nSPS) is 10.9. The lowest BCUT2D eigenvalue weighted by atomic mass is 10.0. The maximum Gasteiger partial charge on any atom is 0.224 e. The molecule has 1 aromatic heterocycles. The molecule has 3 aromatic carbocycles. The second-order valence-corrected chi connectivity index (χ2v) is 7.42. The quantitative estimate of drug-likeness (QED) is 0.503. The van der Waals surface area contributed by atoms with E-state index >= 15 is 0 Å². The number of hydrogen-bond acceptors (Lipinski definition) is 3. The zero-order valence-corrected chi connectivity index (χ0v) is 16.0. The van der Waals surface area contributed by atoms with Crippen molar-refractivity contribution in [2.24, 2.45) is 0 Å². The van der Waals surface area contributed by atoms with Crippen LogP contribution < -0.4 is 5.32 Å². The van der Waals surface area contributed by atoms with Gasteiger partial charge in [0.05, 0.1) is 12.1 Å². The maximum absolute atomic E-state index is 13.0. The van der Waals surface area contributed by atoms with Crippen molar-refractivity contribution in [1.29, 1.82) is 0 Å². The van der Waals surface area contributed by atoms with Gasteiger partial charge in [-0.15, -0.1) is 11.3 Å². The predicted molar refractivity (Wildman–Crippen MR) is 112 cm³/mol. The van der Waals surface area contributed by atoms with Crippen LogP contribution in [0.25, 0.3) is 21.3 Å². The Bertz CT molecular complexity index is 1100. The number of thiazole rings is 1. The van der Waals surface area contributed by atoms with Crippen LogP contribution >= 0.6 is 11.3 Å². The summed E-state index contributed by atoms with van der Waals surface area (Å²) in [7, 11) is 0. The Labute approximate surface area is 166 Å². The molecule has 0 radical (unpaired) electrons. The average molecular weight is 390 g/mol. The van der Waals surface area contributed by atoms with E-state index in [-0.39, 0.29) is 11.7 Å². The van der Waals surface area contributed by atoms with Gasteiger partial charge in [-0.25, -0.2) is 9.37 Å². The lowest BCUT2D eigenvalue weighted by Crippen LogP contribution is -2.27. The molecule has 0 aliphatic heterocycles. The molecule has 5 heteroatoms. The van der Waals surface area contributed by atoms with E-state index in [1.807, 2.05) is 35.7 Å². The van der Waals surface area contributed by atoms with Crippen molar-refractivity contribution in [3.05, 3.63) is 89.2 Å². The molecule has 1 N–H and O–H groups in total. The number of rotatable bonds is 6. The van der Waals surface area contributed by atoms with Crippen molar-refractivity contribution in [1.82, 2.24) is 10.3 Å². The van der Waals surface area contributed by atoms with Crippen LogP contribution in [-0.2, 0) is 17.6 Å². The van der Waals surface area contributed by atoms with Gasteiger partial charge in [0.15, 0.2) is 0 Å². The van der Waals surface area contributed by atoms with Gasteiger partial charge in [0.25, 0.3) is 0 Å². The number of carbonyl (C=O) groups excluding carboxylic acids is 1. The number of fused-ring (bicyclic) bond motifs is 1. The van der Waals surface area contributed by atoms with Crippen molar-refractivity contribution >= 4 is 28.0 Å². The van der Waals surface area contributed by atoms with Crippen LogP contribution in [0.15, 0.2) is 72.1 Å². The standard InChI is InChI=1S/C23H19FN2OS/c24-19-10-8-17(9-11-19)23-26-20(15-28-23)12-13-25-22(27)14-18-6-3-5-16-4-1-2-7-21(16)18/h1-11,15H,12-14H2,(H,25,27). The summed E-state index contributed by atoms with van der Waals surface area (Å²) in [5.41, 5.74) is 2.86. The van der Waals surface area contributed by atoms with Gasteiger partial charge in [-0.2, -0.15) is 0 Å². The van der Waals surface area contributed by atoms with Gasteiger partial charge >= 0.3 is 0 Å². The summed E-state index contributed by atoms with van der Waals surface area (Å²) in [6, 6.07) is 20.4. The first-order valence-corrected chi connectivity index (χ1v) is 10.0. The summed E-state index contributed by atoms with van der Waals surface area (Å²) in [5, 5.41) is 8.07. The summed E-state index contributed by atoms with van der Waals surface area (Å²) >= 11 is 1.53. The van der Waals surface area contributed by atoms with Gasteiger partial charge in [-0.1, -0.05) is 42.5 Å². The number of nitrogens with one attached hydrogen (secondary N) is 1. The molecule has 1 amide bonds. The van der Waals surface area contributed by atoms with Gasteiger partial charge < -0.3 is 5.32 Å². The molecule has 0 aliphatic rings. The van der Waals surface area contributed by atoms with Gasteiger partial charge in [0.2, 0.25) is 5.91 Å². The summed E-state index contributed by atoms with van der Waals surface area (Å²) in [4.78, 5) is 16.9. The number of halogens is 1. The van der Waals surface area contributed by atoms with Crippen molar-refractivity contribution in [2.45, 2.75) is 12.8 Å². The Hall–Kier alpha value is -3.05. The fourth-order valence-corrected chi connectivity index (χ4v) is 4.02. The Balaban J connectivity index is 1.33. The largest absolute Gasteiger partial charge is 0.355 e. The highest BCUT2D eigenvalue weighted by molar-refractivity contribution is 7.13. The number of carbonyl (C=O) groups is 1. The number of hydrogen-bond donors (Lipinski definition) is 1. The number of benzene rings is 3. The van der Waals surface area contributed by atoms with Crippen LogP contribution in [0, 0.1) is 5.82 Å². The van der Waals surface area contributed by atoms with Gasteiger partial charge in [0, 0.05) is 23.9 Å². The van der Waals surface area contributed by atoms with Crippen LogP contribution in [-0.4, -0.2) is 17.4 Å². The fraction of sp³-hybridized carbons (Fsp3) is 0.130. The molecule has 0 spiro atoms. The highest BCUT2D eigenvalue weighted by Gasteiger charge is 2.08. The SMILES string of the molecule is O=C(Cc1cccc2ccccc12)NCCc1csc(-c2ccc(F)cc2)n1. The van der Waals surface area contributed by atoms with Gasteiger partial charge in [0.1, 0.15) is 10.8 Å². The number of amides is 1. The van der Waals surface area contributed by atoms with Gasteiger partial charge in [-0.05, 0) is 40.6 Å². The zero-order valence-electron chi connectivity index (χ0n) is 15.2. The molecule has 0 saturated heterocycles. The molecule has 4 rings (SSSR count). The Morgan fingerprint density at radius 1 is 1.00 bits per heavy atom. The van der Waals surface area contributed by atoms with E-state index in [0.717, 1.165) is 32.6 Å². The van der Waals surface area contributed by atoms with Crippen molar-refractivity contribution in [3.63, 3.8) is 0 Å². The molecule has 0 fully saturated rings. The van der Waals surface area contributed by atoms with Crippen LogP contribution in [0.1, 0.15) is 11.3 Å². The minimum Gasteiger partial charge on any atom is -0.355 e. The summed E-state index contributed by atoms with van der Waals surface area (Å²) in [5.74, 6) is -0.250. The third kappa shape index (κ3) is 4.26. The summed E-state index contributed by atoms with van der Waals surface area (Å²) in [6.07, 6.45) is 1.03. The molecular formula is C23H19FN2OS. The van der Waals surface area contributed by atoms with Crippen LogP contribution in [0.5, 0.6) is 0 Å². The maximum atomic E-state index is 13.0. The number of nitrogens with zero attached hydrogens (tertiary/aromatic N) is 1. The molecular weight excluding hydrogens is 371 g/mol. The minimum absolute atomic E-state index is 0.00495. The molecule has 0 aliphatic carbocycles. The lowest BCUT2D eigenvalue weighted by Gasteiger charge is -2.07. The third-order valence-electron chi connectivity index (χ3n) is 4.58. The minimum atomic E-state index is -0.255. The van der Waals surface area contributed by atoms with Gasteiger partial charge in [-0.3, -0.25) is 4.79 Å². The highest BCUT2D eigenvalue weighted by Crippen LogP contribution is 2.24. The molecule has 140 valence electrons. The van der Waals surface area contributed by atoms with E-state index in [1.54, 1.807) is 12.1 Å². The molecule has 0 saturated carbocycles. The smallest absolute Gasteiger partial charge is 0.224 e. The van der Waals surface area contributed by atoms with Crippen molar-refractivity contribution < 1.29 is 9.18 Å². The third-order valence-corrected chi connectivity index (χ3v) is 5.52. The molecule has 0 bridgehead atoms. The molecule has 3 nitrogen and oxygen atoms in total.